The first-order valence-corrected chi connectivity index (χ1v) is 6.22. The second-order valence-electron chi connectivity index (χ2n) is 4.39. The molecule has 0 amide bonds. The van der Waals surface area contributed by atoms with E-state index in [4.69, 9.17) is 15.6 Å². The fraction of sp³-hybridized carbons (Fsp3) is 0.200. The number of pyridine rings is 1. The zero-order chi connectivity index (χ0) is 14.5. The quantitative estimate of drug-likeness (QED) is 0.870. The van der Waals surface area contributed by atoms with Crippen LogP contribution in [0.2, 0.25) is 0 Å². The van der Waals surface area contributed by atoms with Crippen LogP contribution in [0.25, 0.3) is 0 Å². The van der Waals surface area contributed by atoms with Crippen molar-refractivity contribution in [2.75, 3.05) is 0 Å². The van der Waals surface area contributed by atoms with Gasteiger partial charge in [-0.15, -0.1) is 0 Å². The number of hydrogen-bond donors (Lipinski definition) is 2. The maximum Gasteiger partial charge on any atom is 0.335 e. The fourth-order valence-electron chi connectivity index (χ4n) is 1.78. The molecule has 3 N–H and O–H groups in total. The molecular formula is C15H16N2O3. The molecule has 1 heterocycles. The normalized spacial score (nSPS) is 10.3. The Kier molecular flexibility index (Phi) is 4.32. The summed E-state index contributed by atoms with van der Waals surface area (Å²) in [5, 5.41) is 8.82. The molecule has 0 aliphatic heterocycles. The molecule has 2 rings (SSSR count). The predicted octanol–water partition coefficient (Wildman–Crippen LogP) is 2.13. The Labute approximate surface area is 117 Å². The van der Waals surface area contributed by atoms with Crippen molar-refractivity contribution in [3.8, 4) is 5.75 Å². The Morgan fingerprint density at radius 1 is 1.25 bits per heavy atom. The molecule has 1 aromatic carbocycles. The topological polar surface area (TPSA) is 85.4 Å². The third kappa shape index (κ3) is 3.33. The van der Waals surface area contributed by atoms with E-state index in [1.807, 2.05) is 19.1 Å². The van der Waals surface area contributed by atoms with Gasteiger partial charge in [0.2, 0.25) is 0 Å². The maximum absolute atomic E-state index is 10.8. The zero-order valence-corrected chi connectivity index (χ0v) is 11.2. The largest absolute Gasteiger partial charge is 0.487 e. The lowest BCUT2D eigenvalue weighted by molar-refractivity contribution is 0.0697. The molecule has 1 aromatic heterocycles. The first kappa shape index (κ1) is 14.0. The summed E-state index contributed by atoms with van der Waals surface area (Å²) in [6.45, 7) is 2.56. The van der Waals surface area contributed by atoms with Gasteiger partial charge in [0.15, 0.2) is 0 Å². The number of hydrogen-bond acceptors (Lipinski definition) is 4. The summed E-state index contributed by atoms with van der Waals surface area (Å²) in [5.41, 5.74) is 8.39. The van der Waals surface area contributed by atoms with Crippen LogP contribution in [0.5, 0.6) is 5.75 Å². The first-order valence-electron chi connectivity index (χ1n) is 6.22. The molecule has 0 aliphatic carbocycles. The van der Waals surface area contributed by atoms with Gasteiger partial charge in [-0.3, -0.25) is 4.98 Å². The molecule has 0 aliphatic rings. The Bertz CT molecular complexity index is 609. The third-order valence-corrected chi connectivity index (χ3v) is 2.86. The van der Waals surface area contributed by atoms with E-state index in [2.05, 4.69) is 4.98 Å². The number of aromatic nitrogens is 1. The van der Waals surface area contributed by atoms with Crippen LogP contribution in [0.15, 0.2) is 36.4 Å². The molecule has 5 heteroatoms. The van der Waals surface area contributed by atoms with Gasteiger partial charge in [0.05, 0.1) is 11.3 Å². The van der Waals surface area contributed by atoms with Crippen molar-refractivity contribution in [3.05, 3.63) is 58.9 Å². The smallest absolute Gasteiger partial charge is 0.335 e. The van der Waals surface area contributed by atoms with E-state index in [1.54, 1.807) is 24.3 Å². The highest BCUT2D eigenvalue weighted by molar-refractivity contribution is 5.87. The summed E-state index contributed by atoms with van der Waals surface area (Å²) in [6, 6.07) is 10.3. The minimum absolute atomic E-state index is 0.258. The number of benzene rings is 1. The second-order valence-corrected chi connectivity index (χ2v) is 4.39. The van der Waals surface area contributed by atoms with Gasteiger partial charge >= 0.3 is 5.97 Å². The zero-order valence-electron chi connectivity index (χ0n) is 11.2. The molecule has 104 valence electrons. The van der Waals surface area contributed by atoms with Crippen LogP contribution in [-0.4, -0.2) is 16.1 Å². The van der Waals surface area contributed by atoms with Crippen LogP contribution in [0.1, 0.15) is 27.3 Å². The van der Waals surface area contributed by atoms with Gasteiger partial charge in [-0.2, -0.15) is 0 Å². The van der Waals surface area contributed by atoms with E-state index in [0.29, 0.717) is 24.6 Å². The number of carboxylic acid groups (broad SMARTS) is 1. The van der Waals surface area contributed by atoms with Crippen LogP contribution in [0.4, 0.5) is 0 Å². The summed E-state index contributed by atoms with van der Waals surface area (Å²) < 4.78 is 5.68. The van der Waals surface area contributed by atoms with E-state index in [9.17, 15) is 4.79 Å². The lowest BCUT2D eigenvalue weighted by atomic mass is 10.1. The highest BCUT2D eigenvalue weighted by atomic mass is 16.5. The summed E-state index contributed by atoms with van der Waals surface area (Å²) in [6.07, 6.45) is 0. The summed E-state index contributed by atoms with van der Waals surface area (Å²) >= 11 is 0. The van der Waals surface area contributed by atoms with Gasteiger partial charge in [-0.1, -0.05) is 12.1 Å². The number of carbonyl (C=O) groups is 1. The van der Waals surface area contributed by atoms with Crippen LogP contribution in [0.3, 0.4) is 0 Å². The van der Waals surface area contributed by atoms with Crippen molar-refractivity contribution in [1.82, 2.24) is 4.98 Å². The molecule has 0 radical (unpaired) electrons. The number of aryl methyl sites for hydroxylation is 1. The van der Waals surface area contributed by atoms with Crippen molar-refractivity contribution in [1.29, 1.82) is 0 Å². The third-order valence-electron chi connectivity index (χ3n) is 2.86. The van der Waals surface area contributed by atoms with Crippen LogP contribution < -0.4 is 10.5 Å². The van der Waals surface area contributed by atoms with E-state index in [0.717, 1.165) is 11.3 Å². The van der Waals surface area contributed by atoms with Gasteiger partial charge in [-0.25, -0.2) is 4.79 Å². The average Bonchev–Trinajstić information content (AvgIpc) is 2.46. The van der Waals surface area contributed by atoms with Crippen molar-refractivity contribution >= 4 is 5.97 Å². The molecule has 2 aromatic rings. The van der Waals surface area contributed by atoms with Gasteiger partial charge < -0.3 is 15.6 Å². The minimum Gasteiger partial charge on any atom is -0.487 e. The lowest BCUT2D eigenvalue weighted by Crippen LogP contribution is -2.06. The molecule has 0 saturated carbocycles. The Morgan fingerprint density at radius 2 is 1.95 bits per heavy atom. The van der Waals surface area contributed by atoms with Gasteiger partial charge in [-0.05, 0) is 36.8 Å². The van der Waals surface area contributed by atoms with E-state index in [-0.39, 0.29) is 5.56 Å². The molecule has 0 fully saturated rings. The number of nitrogens with zero attached hydrogens (tertiary/aromatic N) is 1. The van der Waals surface area contributed by atoms with Crippen LogP contribution in [0, 0.1) is 6.92 Å². The van der Waals surface area contributed by atoms with Crippen molar-refractivity contribution in [3.63, 3.8) is 0 Å². The summed E-state index contributed by atoms with van der Waals surface area (Å²) in [5.74, 6) is -0.286. The molecule has 0 bridgehead atoms. The number of rotatable bonds is 5. The standard InChI is InChI=1S/C15H16N2O3/c1-10-2-7-14(13(8-16)17-10)20-9-11-3-5-12(6-4-11)15(18)19/h2-7H,8-9,16H2,1H3,(H,18,19). The second kappa shape index (κ2) is 6.16. The van der Waals surface area contributed by atoms with Crippen LogP contribution in [-0.2, 0) is 13.2 Å². The molecule has 5 nitrogen and oxygen atoms in total. The van der Waals surface area contributed by atoms with E-state index in [1.165, 1.54) is 0 Å². The number of ether oxygens (including phenoxy) is 1. The molecular weight excluding hydrogens is 256 g/mol. The van der Waals surface area contributed by atoms with E-state index >= 15 is 0 Å². The molecule has 0 saturated heterocycles. The monoisotopic (exact) mass is 272 g/mol. The minimum atomic E-state index is -0.939. The number of carboxylic acids is 1. The Morgan fingerprint density at radius 3 is 2.55 bits per heavy atom. The number of aromatic carboxylic acids is 1. The highest BCUT2D eigenvalue weighted by Crippen LogP contribution is 2.18. The average molecular weight is 272 g/mol. The maximum atomic E-state index is 10.8. The Balaban J connectivity index is 2.06. The molecule has 0 atom stereocenters. The number of nitrogens with two attached hydrogens (primary N) is 1. The first-order chi connectivity index (χ1) is 9.60. The van der Waals surface area contributed by atoms with Gasteiger partial charge in [0.25, 0.3) is 0 Å². The van der Waals surface area contributed by atoms with Crippen molar-refractivity contribution in [2.45, 2.75) is 20.1 Å². The fourth-order valence-corrected chi connectivity index (χ4v) is 1.78. The van der Waals surface area contributed by atoms with Gasteiger partial charge in [0.1, 0.15) is 12.4 Å². The van der Waals surface area contributed by atoms with Crippen LogP contribution >= 0.6 is 0 Å². The van der Waals surface area contributed by atoms with E-state index < -0.39 is 5.97 Å². The SMILES string of the molecule is Cc1ccc(OCc2ccc(C(=O)O)cc2)c(CN)n1. The Hall–Kier alpha value is -2.40. The molecule has 0 spiro atoms. The molecule has 0 unspecified atom stereocenters. The summed E-state index contributed by atoms with van der Waals surface area (Å²) in [7, 11) is 0. The highest BCUT2D eigenvalue weighted by Gasteiger charge is 2.06. The lowest BCUT2D eigenvalue weighted by Gasteiger charge is -2.10. The van der Waals surface area contributed by atoms with Crippen molar-refractivity contribution < 1.29 is 14.6 Å². The predicted molar refractivity (Wildman–Crippen MR) is 74.6 cm³/mol. The molecule has 20 heavy (non-hydrogen) atoms. The van der Waals surface area contributed by atoms with Gasteiger partial charge in [0, 0.05) is 12.2 Å². The van der Waals surface area contributed by atoms with Crippen molar-refractivity contribution in [2.24, 2.45) is 5.73 Å². The summed E-state index contributed by atoms with van der Waals surface area (Å²) in [4.78, 5) is 15.1.